The van der Waals surface area contributed by atoms with E-state index >= 15 is 0 Å². The van der Waals surface area contributed by atoms with Crippen molar-refractivity contribution in [3.05, 3.63) is 64.3 Å². The van der Waals surface area contributed by atoms with Crippen LogP contribution in [0.3, 0.4) is 0 Å². The largest absolute Gasteiger partial charge is 0.480 e. The number of benzene rings is 2. The van der Waals surface area contributed by atoms with Crippen LogP contribution in [0.2, 0.25) is 5.02 Å². The Hall–Kier alpha value is -2.84. The first-order valence-corrected chi connectivity index (χ1v) is 11.1. The first-order chi connectivity index (χ1) is 14.0. The van der Waals surface area contributed by atoms with Crippen molar-refractivity contribution in [2.24, 2.45) is 12.8 Å². The lowest BCUT2D eigenvalue weighted by atomic mass is 10.2. The molecule has 0 aliphatic heterocycles. The van der Waals surface area contributed by atoms with Gasteiger partial charge in [0.25, 0.3) is 5.91 Å². The lowest BCUT2D eigenvalue weighted by Gasteiger charge is -2.02. The van der Waals surface area contributed by atoms with E-state index in [1.54, 1.807) is 29.8 Å². The number of rotatable bonds is 5. The third-order valence-electron chi connectivity index (χ3n) is 4.51. The molecule has 0 unspecified atom stereocenters. The highest BCUT2D eigenvalue weighted by atomic mass is 35.5. The lowest BCUT2D eigenvalue weighted by Crippen LogP contribution is -2.15. The molecule has 0 spiro atoms. The minimum absolute atomic E-state index is 0.0575. The molecule has 0 radical (unpaired) electrons. The van der Waals surface area contributed by atoms with Crippen LogP contribution >= 0.6 is 11.6 Å². The monoisotopic (exact) mass is 450 g/mol. The van der Waals surface area contributed by atoms with Crippen molar-refractivity contribution in [1.29, 1.82) is 0 Å². The van der Waals surface area contributed by atoms with E-state index in [1.165, 1.54) is 12.1 Å². The molecule has 0 bridgehead atoms. The zero-order valence-electron chi connectivity index (χ0n) is 16.8. The second kappa shape index (κ2) is 9.32. The Morgan fingerprint density at radius 1 is 1.13 bits per heavy atom. The maximum atomic E-state index is 11.5. The third kappa shape index (κ3) is 5.40. The van der Waals surface area contributed by atoms with Gasteiger partial charge in [0.2, 0.25) is 0 Å². The molecule has 160 valence electrons. The van der Waals surface area contributed by atoms with Gasteiger partial charge in [-0.15, -0.1) is 0 Å². The number of halogens is 1. The molecule has 3 rings (SSSR count). The zero-order chi connectivity index (χ0) is 22.6. The molecule has 3 aromatic rings. The Morgan fingerprint density at radius 3 is 2.23 bits per heavy atom. The smallest absolute Gasteiger partial charge is 0.319 e. The van der Waals surface area contributed by atoms with Gasteiger partial charge in [-0.3, -0.25) is 9.59 Å². The van der Waals surface area contributed by atoms with Gasteiger partial charge in [0.15, 0.2) is 15.6 Å². The number of aromatic nitrogens is 1. The Labute approximate surface area is 180 Å². The molecule has 1 heterocycles. The normalized spacial score (nSPS) is 11.1. The molecule has 0 atom stereocenters. The highest BCUT2D eigenvalue weighted by molar-refractivity contribution is 7.92. The summed E-state index contributed by atoms with van der Waals surface area (Å²) in [7, 11) is -1.88. The quantitative estimate of drug-likeness (QED) is 0.617. The van der Waals surface area contributed by atoms with E-state index < -0.39 is 27.5 Å². The third-order valence-corrected chi connectivity index (χ3v) is 6.44. The summed E-state index contributed by atoms with van der Waals surface area (Å²) in [4.78, 5) is 21.5. The number of carbonyl (C=O) groups excluding carboxylic acids is 1. The van der Waals surface area contributed by atoms with Crippen molar-refractivity contribution >= 4 is 44.2 Å². The summed E-state index contributed by atoms with van der Waals surface area (Å²) < 4.78 is 24.7. The summed E-state index contributed by atoms with van der Waals surface area (Å²) >= 11 is 6.09. The molecule has 3 N–H and O–H groups in total. The van der Waals surface area contributed by atoms with Gasteiger partial charge in [0, 0.05) is 12.4 Å². The second-order valence-corrected chi connectivity index (χ2v) is 9.18. The molecule has 0 aliphatic rings. The van der Waals surface area contributed by atoms with Crippen LogP contribution in [0.15, 0.2) is 47.4 Å². The van der Waals surface area contributed by atoms with Crippen LogP contribution in [-0.4, -0.2) is 35.7 Å². The SMILES string of the molecule is CCc1ccc(S(=O)(=O)CC(=O)O)cc1.Cc1cc(Cl)c2cc(C(N)=O)n(C)c2c1. The number of hydrogen-bond donors (Lipinski definition) is 2. The Balaban J connectivity index is 0.000000214. The fraction of sp³-hybridized carbons (Fsp3) is 0.238. The topological polar surface area (TPSA) is 119 Å². The first kappa shape index (κ1) is 23.4. The number of nitrogens with zero attached hydrogens (tertiary/aromatic N) is 1. The molecule has 1 aromatic heterocycles. The molecular weight excluding hydrogens is 428 g/mol. The van der Waals surface area contributed by atoms with Gasteiger partial charge in [0.05, 0.1) is 15.4 Å². The summed E-state index contributed by atoms with van der Waals surface area (Å²) in [5.74, 6) is -2.64. The van der Waals surface area contributed by atoms with Crippen molar-refractivity contribution in [2.45, 2.75) is 25.2 Å². The number of aryl methyl sites for hydroxylation is 3. The molecule has 0 saturated heterocycles. The van der Waals surface area contributed by atoms with Crippen molar-refractivity contribution in [1.82, 2.24) is 4.57 Å². The van der Waals surface area contributed by atoms with Crippen molar-refractivity contribution < 1.29 is 23.1 Å². The number of carboxylic acid groups (broad SMARTS) is 1. The highest BCUT2D eigenvalue weighted by Gasteiger charge is 2.18. The van der Waals surface area contributed by atoms with Gasteiger partial charge >= 0.3 is 5.97 Å². The number of carbonyl (C=O) groups is 2. The average Bonchev–Trinajstić information content (AvgIpc) is 2.99. The van der Waals surface area contributed by atoms with Crippen LogP contribution in [0.4, 0.5) is 0 Å². The number of fused-ring (bicyclic) bond motifs is 1. The van der Waals surface area contributed by atoms with Gasteiger partial charge in [-0.2, -0.15) is 0 Å². The second-order valence-electron chi connectivity index (χ2n) is 6.78. The van der Waals surface area contributed by atoms with Crippen molar-refractivity contribution in [3.63, 3.8) is 0 Å². The standard InChI is InChI=1S/C11H11ClN2O.C10H12O4S/c1-6-3-8(12)7-5-10(11(13)15)14(2)9(7)4-6;1-2-8-3-5-9(6-4-8)15(13,14)7-10(11)12/h3-5H,1-2H3,(H2,13,15);3-6H,2,7H2,1H3,(H,11,12). The zero-order valence-corrected chi connectivity index (χ0v) is 18.4. The van der Waals surface area contributed by atoms with Crippen LogP contribution < -0.4 is 5.73 Å². The fourth-order valence-electron chi connectivity index (χ4n) is 2.93. The van der Waals surface area contributed by atoms with E-state index in [9.17, 15) is 18.0 Å². The summed E-state index contributed by atoms with van der Waals surface area (Å²) in [6, 6.07) is 11.8. The molecule has 9 heteroatoms. The minimum Gasteiger partial charge on any atom is -0.480 e. The number of amides is 1. The van der Waals surface area contributed by atoms with Crippen molar-refractivity contribution in [3.8, 4) is 0 Å². The average molecular weight is 451 g/mol. The van der Waals surface area contributed by atoms with Crippen LogP contribution in [0.25, 0.3) is 10.9 Å². The Morgan fingerprint density at radius 2 is 1.73 bits per heavy atom. The van der Waals surface area contributed by atoms with E-state index in [-0.39, 0.29) is 4.90 Å². The van der Waals surface area contributed by atoms with E-state index in [4.69, 9.17) is 22.4 Å². The number of carboxylic acids is 1. The molecule has 0 saturated carbocycles. The Bertz CT molecular complexity index is 1200. The predicted molar refractivity (Wildman–Crippen MR) is 117 cm³/mol. The van der Waals surface area contributed by atoms with Gasteiger partial charge in [0.1, 0.15) is 5.69 Å². The highest BCUT2D eigenvalue weighted by Crippen LogP contribution is 2.27. The molecule has 0 fully saturated rings. The van der Waals surface area contributed by atoms with Gasteiger partial charge in [-0.25, -0.2) is 8.42 Å². The van der Waals surface area contributed by atoms with E-state index in [0.29, 0.717) is 10.7 Å². The van der Waals surface area contributed by atoms with Crippen LogP contribution in [0.5, 0.6) is 0 Å². The summed E-state index contributed by atoms with van der Waals surface area (Å²) in [5, 5.41) is 9.94. The number of nitrogens with two attached hydrogens (primary N) is 1. The number of aliphatic carboxylic acids is 1. The van der Waals surface area contributed by atoms with Crippen LogP contribution in [0.1, 0.15) is 28.5 Å². The van der Waals surface area contributed by atoms with E-state index in [1.807, 2.05) is 26.0 Å². The molecule has 2 aromatic carbocycles. The van der Waals surface area contributed by atoms with E-state index in [0.717, 1.165) is 28.5 Å². The molecule has 30 heavy (non-hydrogen) atoms. The van der Waals surface area contributed by atoms with E-state index in [2.05, 4.69) is 0 Å². The number of hydrogen-bond acceptors (Lipinski definition) is 4. The molecule has 7 nitrogen and oxygen atoms in total. The minimum atomic E-state index is -3.68. The lowest BCUT2D eigenvalue weighted by molar-refractivity contribution is -0.134. The molecule has 0 aliphatic carbocycles. The maximum absolute atomic E-state index is 11.5. The molecular formula is C21H23ClN2O5S. The Kier molecular flexibility index (Phi) is 7.28. The first-order valence-electron chi connectivity index (χ1n) is 9.05. The van der Waals surface area contributed by atoms with Crippen LogP contribution in [-0.2, 0) is 28.1 Å². The summed E-state index contributed by atoms with van der Waals surface area (Å²) in [5.41, 5.74) is 8.74. The van der Waals surface area contributed by atoms with Gasteiger partial charge < -0.3 is 15.4 Å². The summed E-state index contributed by atoms with van der Waals surface area (Å²) in [6.07, 6.45) is 0.819. The summed E-state index contributed by atoms with van der Waals surface area (Å²) in [6.45, 7) is 3.92. The number of primary amides is 1. The number of sulfone groups is 1. The predicted octanol–water partition coefficient (Wildman–Crippen LogP) is 3.35. The van der Waals surface area contributed by atoms with Crippen LogP contribution in [0, 0.1) is 6.92 Å². The molecule has 1 amide bonds. The van der Waals surface area contributed by atoms with Crippen molar-refractivity contribution in [2.75, 3.05) is 5.75 Å². The van der Waals surface area contributed by atoms with Gasteiger partial charge in [-0.05, 0) is 54.8 Å². The fourth-order valence-corrected chi connectivity index (χ4v) is 4.30. The maximum Gasteiger partial charge on any atom is 0.319 e. The van der Waals surface area contributed by atoms with Gasteiger partial charge in [-0.1, -0.05) is 30.7 Å².